The Bertz CT molecular complexity index is 310. The van der Waals surface area contributed by atoms with Gasteiger partial charge < -0.3 is 5.32 Å². The lowest BCUT2D eigenvalue weighted by atomic mass is 10.1. The van der Waals surface area contributed by atoms with Gasteiger partial charge in [0.1, 0.15) is 6.29 Å². The predicted octanol–water partition coefficient (Wildman–Crippen LogP) is 2.61. The number of carbonyl (C=O) groups is 1. The maximum absolute atomic E-state index is 10.6. The van der Waals surface area contributed by atoms with Crippen LogP contribution in [0.15, 0.2) is 16.6 Å². The van der Waals surface area contributed by atoms with Crippen LogP contribution in [-0.4, -0.2) is 13.3 Å². The Morgan fingerprint density at radius 1 is 1.50 bits per heavy atom. The molecule has 0 atom stereocenters. The van der Waals surface area contributed by atoms with Gasteiger partial charge in [-0.25, -0.2) is 0 Å². The molecule has 2 nitrogen and oxygen atoms in total. The topological polar surface area (TPSA) is 29.1 Å². The number of carbonyl (C=O) groups excluding carboxylic acids is 1. The molecule has 3 heteroatoms. The Morgan fingerprint density at radius 3 is 2.67 bits per heavy atom. The number of benzene rings is 1. The molecular weight excluding hydrogens is 218 g/mol. The fourth-order valence-electron chi connectivity index (χ4n) is 1.01. The van der Waals surface area contributed by atoms with Crippen molar-refractivity contribution >= 4 is 27.9 Å². The summed E-state index contributed by atoms with van der Waals surface area (Å²) < 4.78 is 0.980. The molecule has 0 spiro atoms. The van der Waals surface area contributed by atoms with Crippen LogP contribution in [0.1, 0.15) is 15.9 Å². The number of hydrogen-bond acceptors (Lipinski definition) is 2. The SMILES string of the molecule is CNc1cc(C=O)c(C)cc1Br. The minimum absolute atomic E-state index is 0.725. The van der Waals surface area contributed by atoms with E-state index in [2.05, 4.69) is 21.2 Å². The zero-order valence-electron chi connectivity index (χ0n) is 7.02. The van der Waals surface area contributed by atoms with Crippen molar-refractivity contribution in [2.24, 2.45) is 0 Å². The number of halogens is 1. The standard InChI is InChI=1S/C9H10BrNO/c1-6-3-8(10)9(11-2)4-7(6)5-12/h3-5,11H,1-2H3. The predicted molar refractivity (Wildman–Crippen MR) is 53.8 cm³/mol. The highest BCUT2D eigenvalue weighted by Crippen LogP contribution is 2.24. The molecule has 0 aliphatic carbocycles. The quantitative estimate of drug-likeness (QED) is 0.788. The molecule has 1 rings (SSSR count). The van der Waals surface area contributed by atoms with Crippen LogP contribution in [0.2, 0.25) is 0 Å². The van der Waals surface area contributed by atoms with Gasteiger partial charge >= 0.3 is 0 Å². The fourth-order valence-corrected chi connectivity index (χ4v) is 1.66. The summed E-state index contributed by atoms with van der Waals surface area (Å²) in [6, 6.07) is 3.75. The molecule has 0 unspecified atom stereocenters. The average molecular weight is 228 g/mol. The zero-order valence-corrected chi connectivity index (χ0v) is 8.60. The van der Waals surface area contributed by atoms with Crippen LogP contribution < -0.4 is 5.32 Å². The molecule has 0 aliphatic heterocycles. The van der Waals surface area contributed by atoms with Crippen molar-refractivity contribution in [3.8, 4) is 0 Å². The van der Waals surface area contributed by atoms with Crippen molar-refractivity contribution < 1.29 is 4.79 Å². The first-order valence-corrected chi connectivity index (χ1v) is 4.41. The molecule has 0 heterocycles. The maximum Gasteiger partial charge on any atom is 0.150 e. The molecule has 0 saturated carbocycles. The van der Waals surface area contributed by atoms with Gasteiger partial charge in [0.2, 0.25) is 0 Å². The molecule has 1 N–H and O–H groups in total. The second kappa shape index (κ2) is 3.72. The smallest absolute Gasteiger partial charge is 0.150 e. The minimum Gasteiger partial charge on any atom is -0.387 e. The van der Waals surface area contributed by atoms with Gasteiger partial charge in [0.15, 0.2) is 0 Å². The van der Waals surface area contributed by atoms with Crippen molar-refractivity contribution in [3.63, 3.8) is 0 Å². The summed E-state index contributed by atoms with van der Waals surface area (Å²) in [6.07, 6.45) is 0.864. The molecule has 12 heavy (non-hydrogen) atoms. The summed E-state index contributed by atoms with van der Waals surface area (Å²) in [5, 5.41) is 2.99. The van der Waals surface area contributed by atoms with Gasteiger partial charge in [-0.2, -0.15) is 0 Å². The van der Waals surface area contributed by atoms with Crippen LogP contribution in [0.3, 0.4) is 0 Å². The Hall–Kier alpha value is -0.830. The van der Waals surface area contributed by atoms with Gasteiger partial charge in [-0.15, -0.1) is 0 Å². The van der Waals surface area contributed by atoms with Crippen LogP contribution in [0.25, 0.3) is 0 Å². The van der Waals surface area contributed by atoms with Gasteiger partial charge in [-0.1, -0.05) is 0 Å². The Kier molecular flexibility index (Phi) is 2.87. The minimum atomic E-state index is 0.725. The molecule has 1 aromatic carbocycles. The number of nitrogens with one attached hydrogen (secondary N) is 1. The average Bonchev–Trinajstić information content (AvgIpc) is 2.05. The van der Waals surface area contributed by atoms with E-state index in [0.29, 0.717) is 0 Å². The summed E-state index contributed by atoms with van der Waals surface area (Å²) in [4.78, 5) is 10.6. The van der Waals surface area contributed by atoms with Gasteiger partial charge in [0.25, 0.3) is 0 Å². The maximum atomic E-state index is 10.6. The number of rotatable bonds is 2. The molecule has 64 valence electrons. The summed E-state index contributed by atoms with van der Waals surface area (Å²) in [5.41, 5.74) is 2.64. The first-order chi connectivity index (χ1) is 5.69. The Balaban J connectivity index is 3.26. The molecule has 0 aliphatic rings. The van der Waals surface area contributed by atoms with E-state index in [-0.39, 0.29) is 0 Å². The summed E-state index contributed by atoms with van der Waals surface area (Å²) in [6.45, 7) is 1.91. The third-order valence-electron chi connectivity index (χ3n) is 1.75. The third kappa shape index (κ3) is 1.67. The van der Waals surface area contributed by atoms with Crippen LogP contribution in [0, 0.1) is 6.92 Å². The molecule has 0 saturated heterocycles. The van der Waals surface area contributed by atoms with Crippen LogP contribution in [0.5, 0.6) is 0 Å². The number of anilines is 1. The van der Waals surface area contributed by atoms with E-state index in [1.165, 1.54) is 0 Å². The fraction of sp³-hybridized carbons (Fsp3) is 0.222. The van der Waals surface area contributed by atoms with Crippen LogP contribution in [0.4, 0.5) is 5.69 Å². The number of aldehydes is 1. The van der Waals surface area contributed by atoms with E-state index in [1.807, 2.05) is 26.1 Å². The van der Waals surface area contributed by atoms with Gasteiger partial charge in [0, 0.05) is 22.8 Å². The monoisotopic (exact) mass is 227 g/mol. The van der Waals surface area contributed by atoms with E-state index in [1.54, 1.807) is 0 Å². The summed E-state index contributed by atoms with van der Waals surface area (Å²) >= 11 is 3.39. The van der Waals surface area contributed by atoms with E-state index in [9.17, 15) is 4.79 Å². The first-order valence-electron chi connectivity index (χ1n) is 3.62. The molecule has 0 radical (unpaired) electrons. The molecule has 0 amide bonds. The lowest BCUT2D eigenvalue weighted by molar-refractivity contribution is 0.112. The zero-order chi connectivity index (χ0) is 9.14. The normalized spacial score (nSPS) is 9.58. The summed E-state index contributed by atoms with van der Waals surface area (Å²) in [5.74, 6) is 0. The molecule has 0 fully saturated rings. The second-order valence-electron chi connectivity index (χ2n) is 2.56. The van der Waals surface area contributed by atoms with Crippen molar-refractivity contribution in [1.29, 1.82) is 0 Å². The molecular formula is C9H10BrNO. The number of hydrogen-bond donors (Lipinski definition) is 1. The second-order valence-corrected chi connectivity index (χ2v) is 3.41. The van der Waals surface area contributed by atoms with Crippen molar-refractivity contribution in [2.45, 2.75) is 6.92 Å². The van der Waals surface area contributed by atoms with Crippen molar-refractivity contribution in [1.82, 2.24) is 0 Å². The highest BCUT2D eigenvalue weighted by Gasteiger charge is 2.02. The van der Waals surface area contributed by atoms with Crippen molar-refractivity contribution in [2.75, 3.05) is 12.4 Å². The molecule has 1 aromatic rings. The highest BCUT2D eigenvalue weighted by molar-refractivity contribution is 9.10. The van der Waals surface area contributed by atoms with E-state index >= 15 is 0 Å². The van der Waals surface area contributed by atoms with E-state index < -0.39 is 0 Å². The van der Waals surface area contributed by atoms with Gasteiger partial charge in [-0.05, 0) is 40.5 Å². The highest BCUT2D eigenvalue weighted by atomic mass is 79.9. The Labute approximate surface area is 80.1 Å². The van der Waals surface area contributed by atoms with Gasteiger partial charge in [-0.3, -0.25) is 4.79 Å². The number of aryl methyl sites for hydroxylation is 1. The first kappa shape index (κ1) is 9.26. The van der Waals surface area contributed by atoms with E-state index in [4.69, 9.17) is 0 Å². The largest absolute Gasteiger partial charge is 0.387 e. The van der Waals surface area contributed by atoms with E-state index in [0.717, 1.165) is 27.6 Å². The summed E-state index contributed by atoms with van der Waals surface area (Å²) in [7, 11) is 1.82. The van der Waals surface area contributed by atoms with Crippen molar-refractivity contribution in [3.05, 3.63) is 27.7 Å². The lowest BCUT2D eigenvalue weighted by Crippen LogP contribution is -1.93. The molecule has 0 bridgehead atoms. The molecule has 0 aromatic heterocycles. The van der Waals surface area contributed by atoms with Gasteiger partial charge in [0.05, 0.1) is 0 Å². The lowest BCUT2D eigenvalue weighted by Gasteiger charge is -2.06. The van der Waals surface area contributed by atoms with Crippen LogP contribution in [-0.2, 0) is 0 Å². The Morgan fingerprint density at radius 2 is 2.17 bits per heavy atom. The van der Waals surface area contributed by atoms with Crippen LogP contribution >= 0.6 is 15.9 Å². The third-order valence-corrected chi connectivity index (χ3v) is 2.41.